The van der Waals surface area contributed by atoms with E-state index < -0.39 is 0 Å². The molecule has 0 atom stereocenters. The normalized spacial score (nSPS) is 10.6. The number of halogens is 2. The van der Waals surface area contributed by atoms with Gasteiger partial charge in [0.05, 0.1) is 0 Å². The molecule has 0 fully saturated rings. The van der Waals surface area contributed by atoms with Gasteiger partial charge in [-0.3, -0.25) is 4.79 Å². The van der Waals surface area contributed by atoms with Crippen molar-refractivity contribution in [3.8, 4) is 0 Å². The van der Waals surface area contributed by atoms with E-state index in [0.29, 0.717) is 20.9 Å². The van der Waals surface area contributed by atoms with Crippen LogP contribution in [-0.2, 0) is 7.05 Å². The van der Waals surface area contributed by atoms with Gasteiger partial charge in [-0.15, -0.1) is 5.10 Å². The van der Waals surface area contributed by atoms with Crippen molar-refractivity contribution in [3.05, 3.63) is 44.6 Å². The Hall–Kier alpha value is -1.20. The van der Waals surface area contributed by atoms with Crippen LogP contribution in [0.2, 0.25) is 5.02 Å². The van der Waals surface area contributed by atoms with Gasteiger partial charge < -0.3 is 0 Å². The molecule has 1 heterocycles. The molecule has 2 rings (SSSR count). The molecule has 0 saturated heterocycles. The fourth-order valence-corrected chi connectivity index (χ4v) is 2.32. The first-order chi connectivity index (χ1) is 8.00. The number of rotatable bonds is 2. The van der Waals surface area contributed by atoms with Crippen molar-refractivity contribution in [2.24, 2.45) is 7.05 Å². The third-order valence-electron chi connectivity index (χ3n) is 2.43. The van der Waals surface area contributed by atoms with Crippen LogP contribution < -0.4 is 0 Å². The van der Waals surface area contributed by atoms with E-state index in [1.807, 2.05) is 6.92 Å². The van der Waals surface area contributed by atoms with E-state index in [2.05, 4.69) is 26.2 Å². The lowest BCUT2D eigenvalue weighted by molar-refractivity contribution is 0.102. The molecular weight excluding hydrogens is 305 g/mol. The Labute approximate surface area is 112 Å². The predicted octanol–water partition coefficient (Wildman–Crippen LogP) is 2.77. The van der Waals surface area contributed by atoms with Gasteiger partial charge in [0.25, 0.3) is 0 Å². The fourth-order valence-electron chi connectivity index (χ4n) is 1.58. The number of hydrogen-bond acceptors (Lipinski definition) is 3. The van der Waals surface area contributed by atoms with Crippen LogP contribution in [0, 0.1) is 6.92 Å². The van der Waals surface area contributed by atoms with Gasteiger partial charge in [0, 0.05) is 17.6 Å². The quantitative estimate of drug-likeness (QED) is 0.801. The highest BCUT2D eigenvalue weighted by molar-refractivity contribution is 9.10. The molecule has 6 heteroatoms. The zero-order valence-electron chi connectivity index (χ0n) is 9.24. The van der Waals surface area contributed by atoms with Crippen LogP contribution in [0.5, 0.6) is 0 Å². The molecule has 0 N–H and O–H groups in total. The summed E-state index contributed by atoms with van der Waals surface area (Å²) in [5.74, 6) is -0.126. The summed E-state index contributed by atoms with van der Waals surface area (Å²) in [7, 11) is 1.68. The Kier molecular flexibility index (Phi) is 3.31. The summed E-state index contributed by atoms with van der Waals surface area (Å²) in [5, 5.41) is 8.19. The zero-order valence-corrected chi connectivity index (χ0v) is 11.6. The van der Waals surface area contributed by atoms with Gasteiger partial charge in [-0.05, 0) is 46.6 Å². The van der Waals surface area contributed by atoms with E-state index in [9.17, 15) is 4.79 Å². The van der Waals surface area contributed by atoms with Gasteiger partial charge in [0.1, 0.15) is 5.69 Å². The van der Waals surface area contributed by atoms with Gasteiger partial charge in [-0.25, -0.2) is 4.68 Å². The highest BCUT2D eigenvalue weighted by atomic mass is 79.9. The van der Waals surface area contributed by atoms with E-state index in [0.717, 1.165) is 5.56 Å². The van der Waals surface area contributed by atoms with Crippen molar-refractivity contribution < 1.29 is 4.79 Å². The Bertz CT molecular complexity index is 575. The zero-order chi connectivity index (χ0) is 12.6. The molecule has 0 aliphatic rings. The smallest absolute Gasteiger partial charge is 0.214 e. The highest BCUT2D eigenvalue weighted by Gasteiger charge is 2.20. The molecule has 0 saturated carbocycles. The molecule has 4 nitrogen and oxygen atoms in total. The summed E-state index contributed by atoms with van der Waals surface area (Å²) in [4.78, 5) is 12.3. The first kappa shape index (κ1) is 12.3. The third-order valence-corrected chi connectivity index (χ3v) is 3.20. The van der Waals surface area contributed by atoms with Crippen LogP contribution in [0.15, 0.2) is 22.8 Å². The molecular formula is C11H9BrClN3O. The first-order valence-electron chi connectivity index (χ1n) is 4.86. The van der Waals surface area contributed by atoms with Crippen molar-refractivity contribution in [3.63, 3.8) is 0 Å². The molecule has 0 bridgehead atoms. The van der Waals surface area contributed by atoms with Crippen LogP contribution >= 0.6 is 27.5 Å². The van der Waals surface area contributed by atoms with E-state index >= 15 is 0 Å². The fraction of sp³-hybridized carbons (Fsp3) is 0.182. The molecule has 1 aromatic heterocycles. The van der Waals surface area contributed by atoms with Crippen molar-refractivity contribution in [1.82, 2.24) is 15.0 Å². The predicted molar refractivity (Wildman–Crippen MR) is 68.3 cm³/mol. The summed E-state index contributed by atoms with van der Waals surface area (Å²) in [6, 6.07) is 5.16. The summed E-state index contributed by atoms with van der Waals surface area (Å²) in [5.41, 5.74) is 1.85. The second-order valence-electron chi connectivity index (χ2n) is 3.64. The van der Waals surface area contributed by atoms with Gasteiger partial charge in [-0.2, -0.15) is 0 Å². The minimum absolute atomic E-state index is 0.126. The topological polar surface area (TPSA) is 47.8 Å². The van der Waals surface area contributed by atoms with Gasteiger partial charge in [-0.1, -0.05) is 16.8 Å². The Morgan fingerprint density at radius 1 is 1.47 bits per heavy atom. The third kappa shape index (κ3) is 2.25. The minimum Gasteiger partial charge on any atom is -0.287 e. The number of carbonyl (C=O) groups excluding carboxylic acids is 1. The maximum Gasteiger partial charge on any atom is 0.214 e. The molecule has 17 heavy (non-hydrogen) atoms. The van der Waals surface area contributed by atoms with E-state index in [1.54, 1.807) is 25.2 Å². The maximum atomic E-state index is 12.3. The second kappa shape index (κ2) is 4.58. The number of ketones is 1. The van der Waals surface area contributed by atoms with E-state index in [1.165, 1.54) is 4.68 Å². The average Bonchev–Trinajstić information content (AvgIpc) is 2.58. The Morgan fingerprint density at radius 2 is 2.18 bits per heavy atom. The number of benzene rings is 1. The Morgan fingerprint density at radius 3 is 2.71 bits per heavy atom. The Balaban J connectivity index is 2.51. The molecule has 0 amide bonds. The lowest BCUT2D eigenvalue weighted by Crippen LogP contribution is -2.10. The van der Waals surface area contributed by atoms with Crippen molar-refractivity contribution >= 4 is 33.3 Å². The standard InChI is InChI=1S/C11H9BrClN3O/c1-6-5-7(13)3-4-8(6)10(17)9-11(12)14-15-16(9)2/h3-5H,1-2H3. The van der Waals surface area contributed by atoms with Crippen molar-refractivity contribution in [2.75, 3.05) is 0 Å². The van der Waals surface area contributed by atoms with Crippen LogP contribution in [-0.4, -0.2) is 20.8 Å². The van der Waals surface area contributed by atoms with E-state index in [4.69, 9.17) is 11.6 Å². The molecule has 0 aliphatic heterocycles. The number of hydrogen-bond donors (Lipinski definition) is 0. The number of aromatic nitrogens is 3. The summed E-state index contributed by atoms with van der Waals surface area (Å²) in [6.45, 7) is 1.84. The van der Waals surface area contributed by atoms with Crippen LogP contribution in [0.3, 0.4) is 0 Å². The van der Waals surface area contributed by atoms with Gasteiger partial charge >= 0.3 is 0 Å². The molecule has 1 aromatic carbocycles. The summed E-state index contributed by atoms with van der Waals surface area (Å²) >= 11 is 9.07. The molecule has 0 unspecified atom stereocenters. The molecule has 0 radical (unpaired) electrons. The van der Waals surface area contributed by atoms with Crippen LogP contribution in [0.25, 0.3) is 0 Å². The monoisotopic (exact) mass is 313 g/mol. The molecule has 0 aliphatic carbocycles. The largest absolute Gasteiger partial charge is 0.287 e. The van der Waals surface area contributed by atoms with Crippen molar-refractivity contribution in [2.45, 2.75) is 6.92 Å². The van der Waals surface area contributed by atoms with E-state index in [-0.39, 0.29) is 5.78 Å². The molecule has 0 spiro atoms. The minimum atomic E-state index is -0.126. The van der Waals surface area contributed by atoms with Gasteiger partial charge in [0.15, 0.2) is 4.60 Å². The van der Waals surface area contributed by atoms with Gasteiger partial charge in [0.2, 0.25) is 5.78 Å². The highest BCUT2D eigenvalue weighted by Crippen LogP contribution is 2.21. The SMILES string of the molecule is Cc1cc(Cl)ccc1C(=O)c1c(Br)nnn1C. The van der Waals surface area contributed by atoms with Crippen LogP contribution in [0.1, 0.15) is 21.6 Å². The number of aryl methyl sites for hydroxylation is 2. The summed E-state index contributed by atoms with van der Waals surface area (Å²) < 4.78 is 1.89. The summed E-state index contributed by atoms with van der Waals surface area (Å²) in [6.07, 6.45) is 0. The first-order valence-corrected chi connectivity index (χ1v) is 6.04. The molecule has 88 valence electrons. The van der Waals surface area contributed by atoms with Crippen LogP contribution in [0.4, 0.5) is 0 Å². The number of carbonyl (C=O) groups is 1. The molecule has 2 aromatic rings. The second-order valence-corrected chi connectivity index (χ2v) is 4.83. The maximum absolute atomic E-state index is 12.3. The number of nitrogens with zero attached hydrogens (tertiary/aromatic N) is 3. The van der Waals surface area contributed by atoms with Crippen molar-refractivity contribution in [1.29, 1.82) is 0 Å². The lowest BCUT2D eigenvalue weighted by Gasteiger charge is -2.05. The lowest BCUT2D eigenvalue weighted by atomic mass is 10.0. The average molecular weight is 315 g/mol.